The highest BCUT2D eigenvalue weighted by atomic mass is 79.9. The third-order valence-electron chi connectivity index (χ3n) is 4.36. The molecule has 0 spiro atoms. The first kappa shape index (κ1) is 19.1. The molecule has 0 aliphatic rings. The molecule has 0 saturated carbocycles. The van der Waals surface area contributed by atoms with Crippen LogP contribution in [0.3, 0.4) is 0 Å². The summed E-state index contributed by atoms with van der Waals surface area (Å²) < 4.78 is 0.607. The highest BCUT2D eigenvalue weighted by Crippen LogP contribution is 2.32. The number of halogens is 1. The fourth-order valence-electron chi connectivity index (χ4n) is 3.02. The van der Waals surface area contributed by atoms with Crippen LogP contribution in [0.5, 0.6) is 0 Å². The second-order valence-electron chi connectivity index (χ2n) is 6.26. The van der Waals surface area contributed by atoms with E-state index in [0.717, 1.165) is 16.0 Å². The summed E-state index contributed by atoms with van der Waals surface area (Å²) in [6.07, 6.45) is 3.19. The molecule has 4 rings (SSSR count). The van der Waals surface area contributed by atoms with Crippen molar-refractivity contribution in [3.05, 3.63) is 87.3 Å². The molecule has 1 N–H and O–H groups in total. The van der Waals surface area contributed by atoms with E-state index in [0.29, 0.717) is 10.3 Å². The smallest absolute Gasteiger partial charge is 0.266 e. The zero-order chi connectivity index (χ0) is 20.2. The first-order valence-electron chi connectivity index (χ1n) is 8.75. The molecule has 2 heterocycles. The lowest BCUT2D eigenvalue weighted by Crippen LogP contribution is -2.13. The first-order chi connectivity index (χ1) is 14.1. The third kappa shape index (κ3) is 4.27. The number of thiophene rings is 1. The van der Waals surface area contributed by atoms with Crippen LogP contribution in [0.2, 0.25) is 0 Å². The number of benzene rings is 2. The number of fused-ring (bicyclic) bond motifs is 1. The number of nitrogens with one attached hydrogen (secondary N) is 1. The van der Waals surface area contributed by atoms with Crippen LogP contribution in [0.1, 0.15) is 4.88 Å². The maximum atomic E-state index is 12.5. The van der Waals surface area contributed by atoms with E-state index in [2.05, 4.69) is 50.5 Å². The molecule has 0 bridgehead atoms. The number of anilines is 1. The lowest BCUT2D eigenvalue weighted by atomic mass is 10.00. The van der Waals surface area contributed by atoms with E-state index in [-0.39, 0.29) is 5.57 Å². The highest BCUT2D eigenvalue weighted by molar-refractivity contribution is 9.10. The second kappa shape index (κ2) is 8.39. The van der Waals surface area contributed by atoms with Crippen LogP contribution in [0, 0.1) is 11.3 Å². The topological polar surface area (TPSA) is 65.8 Å². The Morgan fingerprint density at radius 2 is 1.97 bits per heavy atom. The van der Waals surface area contributed by atoms with Crippen molar-refractivity contribution in [1.29, 1.82) is 5.26 Å². The number of pyridine rings is 1. The van der Waals surface area contributed by atoms with Gasteiger partial charge in [-0.05, 0) is 67.5 Å². The number of hydrogen-bond donors (Lipinski definition) is 1. The van der Waals surface area contributed by atoms with Crippen LogP contribution in [0.25, 0.3) is 28.0 Å². The summed E-state index contributed by atoms with van der Waals surface area (Å²) >= 11 is 4.76. The summed E-state index contributed by atoms with van der Waals surface area (Å²) in [4.78, 5) is 17.3. The van der Waals surface area contributed by atoms with Crippen molar-refractivity contribution in [2.75, 3.05) is 5.32 Å². The molecule has 0 atom stereocenters. The van der Waals surface area contributed by atoms with E-state index in [1.165, 1.54) is 22.1 Å². The molecule has 4 nitrogen and oxygen atoms in total. The Labute approximate surface area is 180 Å². The van der Waals surface area contributed by atoms with Crippen LogP contribution in [0.15, 0.2) is 82.4 Å². The predicted molar refractivity (Wildman–Crippen MR) is 121 cm³/mol. The van der Waals surface area contributed by atoms with Crippen molar-refractivity contribution in [3.63, 3.8) is 0 Å². The number of hydrogen-bond acceptors (Lipinski definition) is 4. The summed E-state index contributed by atoms with van der Waals surface area (Å²) in [5.74, 6) is -0.453. The minimum atomic E-state index is -0.453. The van der Waals surface area contributed by atoms with Gasteiger partial charge in [0.05, 0.1) is 0 Å². The number of carbonyl (C=O) groups excluding carboxylic acids is 1. The molecule has 2 aromatic carbocycles. The second-order valence-corrected chi connectivity index (χ2v) is 8.01. The van der Waals surface area contributed by atoms with Gasteiger partial charge in [-0.1, -0.05) is 42.5 Å². The average Bonchev–Trinajstić information content (AvgIpc) is 3.20. The molecule has 0 aliphatic carbocycles. The molecule has 140 valence electrons. The number of rotatable bonds is 4. The van der Waals surface area contributed by atoms with Crippen molar-refractivity contribution in [3.8, 4) is 17.2 Å². The Bertz CT molecular complexity index is 1280. The normalized spacial score (nSPS) is 11.2. The molecule has 0 fully saturated rings. The molecule has 29 heavy (non-hydrogen) atoms. The van der Waals surface area contributed by atoms with Crippen molar-refractivity contribution < 1.29 is 4.79 Å². The zero-order valence-electron chi connectivity index (χ0n) is 15.1. The molecule has 0 aliphatic heterocycles. The van der Waals surface area contributed by atoms with E-state index in [9.17, 15) is 10.1 Å². The molecule has 2 aromatic heterocycles. The number of nitrogens with zero attached hydrogens (tertiary/aromatic N) is 2. The van der Waals surface area contributed by atoms with E-state index >= 15 is 0 Å². The van der Waals surface area contributed by atoms with Crippen molar-refractivity contribution in [1.82, 2.24) is 4.98 Å². The number of carbonyl (C=O) groups is 1. The summed E-state index contributed by atoms with van der Waals surface area (Å²) in [6, 6.07) is 21.8. The van der Waals surface area contributed by atoms with Gasteiger partial charge >= 0.3 is 0 Å². The number of aromatic nitrogens is 1. The molecule has 0 saturated heterocycles. The predicted octanol–water partition coefficient (Wildman–Crippen LogP) is 6.27. The molecule has 0 unspecified atom stereocenters. The quantitative estimate of drug-likeness (QED) is 0.222. The standard InChI is InChI=1S/C23H14BrN3OS/c24-22-12-18(8-9-26-22)27-23(28)16(13-25)10-19-11-17(14-29-19)21-7-3-5-15-4-1-2-6-20(15)21/h1-12,14H,(H,26,27,28)/b16-10+. The zero-order valence-corrected chi connectivity index (χ0v) is 17.5. The molecule has 1 amide bonds. The monoisotopic (exact) mass is 459 g/mol. The van der Waals surface area contributed by atoms with Crippen LogP contribution in [0.4, 0.5) is 5.69 Å². The van der Waals surface area contributed by atoms with Gasteiger partial charge < -0.3 is 5.32 Å². The summed E-state index contributed by atoms with van der Waals surface area (Å²) in [5, 5.41) is 16.6. The lowest BCUT2D eigenvalue weighted by Gasteiger charge is -2.04. The Hall–Kier alpha value is -3.27. The molecule has 4 aromatic rings. The minimum absolute atomic E-state index is 0.0456. The maximum Gasteiger partial charge on any atom is 0.266 e. The molecule has 0 radical (unpaired) electrons. The summed E-state index contributed by atoms with van der Waals surface area (Å²) in [5.41, 5.74) is 2.81. The Balaban J connectivity index is 1.62. The molecular formula is C23H14BrN3OS. The van der Waals surface area contributed by atoms with Crippen molar-refractivity contribution in [2.45, 2.75) is 0 Å². The van der Waals surface area contributed by atoms with Gasteiger partial charge in [0.15, 0.2) is 0 Å². The fourth-order valence-corrected chi connectivity index (χ4v) is 4.22. The Morgan fingerprint density at radius 3 is 2.79 bits per heavy atom. The number of amides is 1. The number of nitriles is 1. The Kier molecular flexibility index (Phi) is 5.52. The van der Waals surface area contributed by atoms with Crippen molar-refractivity contribution >= 4 is 55.7 Å². The van der Waals surface area contributed by atoms with Gasteiger partial charge in [-0.3, -0.25) is 4.79 Å². The highest BCUT2D eigenvalue weighted by Gasteiger charge is 2.12. The van der Waals surface area contributed by atoms with Gasteiger partial charge in [0, 0.05) is 16.8 Å². The van der Waals surface area contributed by atoms with Crippen molar-refractivity contribution in [2.24, 2.45) is 0 Å². The Morgan fingerprint density at radius 1 is 1.14 bits per heavy atom. The van der Waals surface area contributed by atoms with E-state index < -0.39 is 5.91 Å². The first-order valence-corrected chi connectivity index (χ1v) is 10.4. The summed E-state index contributed by atoms with van der Waals surface area (Å²) in [6.45, 7) is 0. The van der Waals surface area contributed by atoms with Crippen LogP contribution < -0.4 is 5.32 Å². The molecule has 6 heteroatoms. The van der Waals surface area contributed by atoms with E-state index in [1.54, 1.807) is 24.4 Å². The van der Waals surface area contributed by atoms with Gasteiger partial charge in [-0.15, -0.1) is 11.3 Å². The van der Waals surface area contributed by atoms with Gasteiger partial charge in [-0.2, -0.15) is 5.26 Å². The minimum Gasteiger partial charge on any atom is -0.321 e. The van der Waals surface area contributed by atoms with Crippen LogP contribution in [-0.4, -0.2) is 10.9 Å². The molecular weight excluding hydrogens is 446 g/mol. The average molecular weight is 460 g/mol. The van der Waals surface area contributed by atoms with Gasteiger partial charge in [0.2, 0.25) is 0 Å². The van der Waals surface area contributed by atoms with Crippen LogP contribution >= 0.6 is 27.3 Å². The van der Waals surface area contributed by atoms with Gasteiger partial charge in [0.1, 0.15) is 16.2 Å². The SMILES string of the molecule is N#C/C(=C\c1cc(-c2cccc3ccccc23)cs1)C(=O)Nc1ccnc(Br)c1. The van der Waals surface area contributed by atoms with E-state index in [4.69, 9.17) is 0 Å². The van der Waals surface area contributed by atoms with E-state index in [1.807, 2.05) is 35.7 Å². The fraction of sp³-hybridized carbons (Fsp3) is 0. The van der Waals surface area contributed by atoms with Gasteiger partial charge in [0.25, 0.3) is 5.91 Å². The maximum absolute atomic E-state index is 12.5. The summed E-state index contributed by atoms with van der Waals surface area (Å²) in [7, 11) is 0. The largest absolute Gasteiger partial charge is 0.321 e. The lowest BCUT2D eigenvalue weighted by molar-refractivity contribution is -0.112. The van der Waals surface area contributed by atoms with Gasteiger partial charge in [-0.25, -0.2) is 4.98 Å². The third-order valence-corrected chi connectivity index (χ3v) is 5.67. The van der Waals surface area contributed by atoms with Crippen LogP contribution in [-0.2, 0) is 4.79 Å².